The van der Waals surface area contributed by atoms with Gasteiger partial charge in [0, 0.05) is 56.0 Å². The third-order valence-electron chi connectivity index (χ3n) is 7.49. The first-order valence-electron chi connectivity index (χ1n) is 12.2. The van der Waals surface area contributed by atoms with E-state index in [1.165, 1.54) is 22.3 Å². The zero-order valence-corrected chi connectivity index (χ0v) is 21.4. The highest BCUT2D eigenvalue weighted by molar-refractivity contribution is 6.03. The van der Waals surface area contributed by atoms with Crippen LogP contribution < -0.4 is 5.32 Å². The van der Waals surface area contributed by atoms with Gasteiger partial charge in [-0.05, 0) is 75.5 Å². The SMILES string of the molecule is COCCN(C)C1CCN(C(=O)c2cc(NCc3c(C)cccc3C)c3[nH]c(C)c(C)c3c2)C1. The molecule has 2 N–H and O–H groups in total. The van der Waals surface area contributed by atoms with Crippen LogP contribution in [-0.4, -0.2) is 67.1 Å². The maximum atomic E-state index is 13.6. The number of anilines is 1. The minimum Gasteiger partial charge on any atom is -0.383 e. The molecule has 3 aromatic rings. The Kier molecular flexibility index (Phi) is 7.29. The molecule has 0 saturated carbocycles. The first-order chi connectivity index (χ1) is 16.3. The number of nitrogens with zero attached hydrogens (tertiary/aromatic N) is 2. The van der Waals surface area contributed by atoms with Crippen molar-refractivity contribution < 1.29 is 9.53 Å². The van der Waals surface area contributed by atoms with Gasteiger partial charge in [0.2, 0.25) is 0 Å². The number of nitrogens with one attached hydrogen (secondary N) is 2. The summed E-state index contributed by atoms with van der Waals surface area (Å²) in [5.74, 6) is 0.109. The van der Waals surface area contributed by atoms with Gasteiger partial charge in [-0.25, -0.2) is 0 Å². The third-order valence-corrected chi connectivity index (χ3v) is 7.49. The lowest BCUT2D eigenvalue weighted by atomic mass is 10.0. The predicted molar refractivity (Wildman–Crippen MR) is 140 cm³/mol. The summed E-state index contributed by atoms with van der Waals surface area (Å²) in [5.41, 5.74) is 8.97. The van der Waals surface area contributed by atoms with Crippen LogP contribution in [0.5, 0.6) is 0 Å². The Hall–Kier alpha value is -2.83. The molecule has 2 aromatic carbocycles. The summed E-state index contributed by atoms with van der Waals surface area (Å²) in [6.07, 6.45) is 0.994. The van der Waals surface area contributed by atoms with E-state index >= 15 is 0 Å². The fourth-order valence-electron chi connectivity index (χ4n) is 5.02. The smallest absolute Gasteiger partial charge is 0.254 e. The first-order valence-corrected chi connectivity index (χ1v) is 12.2. The van der Waals surface area contributed by atoms with E-state index in [2.05, 4.69) is 74.2 Å². The highest BCUT2D eigenvalue weighted by atomic mass is 16.5. The highest BCUT2D eigenvalue weighted by Crippen LogP contribution is 2.31. The van der Waals surface area contributed by atoms with Crippen molar-refractivity contribution in [2.75, 3.05) is 45.7 Å². The Morgan fingerprint density at radius 1 is 1.21 bits per heavy atom. The van der Waals surface area contributed by atoms with Crippen molar-refractivity contribution in [1.29, 1.82) is 0 Å². The molecule has 1 aliphatic heterocycles. The molecule has 6 nitrogen and oxygen atoms in total. The number of rotatable bonds is 8. The minimum atomic E-state index is 0.109. The largest absolute Gasteiger partial charge is 0.383 e. The number of aromatic amines is 1. The van der Waals surface area contributed by atoms with Gasteiger partial charge >= 0.3 is 0 Å². The molecule has 1 aliphatic rings. The van der Waals surface area contributed by atoms with Gasteiger partial charge in [-0.2, -0.15) is 0 Å². The number of benzene rings is 2. The number of carbonyl (C=O) groups is 1. The Bertz CT molecular complexity index is 1160. The van der Waals surface area contributed by atoms with Crippen molar-refractivity contribution in [2.24, 2.45) is 0 Å². The number of fused-ring (bicyclic) bond motifs is 1. The number of hydrogen-bond donors (Lipinski definition) is 2. The second kappa shape index (κ2) is 10.2. The van der Waals surface area contributed by atoms with Crippen LogP contribution in [0, 0.1) is 27.7 Å². The molecule has 182 valence electrons. The molecule has 1 fully saturated rings. The number of aryl methyl sites for hydroxylation is 4. The van der Waals surface area contributed by atoms with Gasteiger partial charge in [-0.1, -0.05) is 18.2 Å². The van der Waals surface area contributed by atoms with Crippen LogP contribution in [-0.2, 0) is 11.3 Å². The van der Waals surface area contributed by atoms with Gasteiger partial charge < -0.3 is 19.9 Å². The van der Waals surface area contributed by atoms with Crippen LogP contribution in [0.2, 0.25) is 0 Å². The lowest BCUT2D eigenvalue weighted by Gasteiger charge is -2.24. The number of aromatic nitrogens is 1. The molecule has 0 bridgehead atoms. The number of hydrogen-bond acceptors (Lipinski definition) is 4. The first kappa shape index (κ1) is 24.3. The molecule has 1 amide bonds. The van der Waals surface area contributed by atoms with Gasteiger partial charge in [0.05, 0.1) is 17.8 Å². The Labute approximate surface area is 203 Å². The standard InChI is InChI=1S/C28H38N4O2/c1-18-8-7-9-19(2)25(18)16-29-26-15-22(14-24-20(3)21(4)30-27(24)26)28(33)32-11-10-23(17-32)31(5)12-13-34-6/h7-9,14-15,23,29-30H,10-13,16-17H2,1-6H3. The number of carbonyl (C=O) groups excluding carboxylic acids is 1. The van der Waals surface area contributed by atoms with Crippen LogP contribution in [0.25, 0.3) is 10.9 Å². The fourth-order valence-corrected chi connectivity index (χ4v) is 5.02. The number of amides is 1. The summed E-state index contributed by atoms with van der Waals surface area (Å²) in [7, 11) is 3.84. The second-order valence-electron chi connectivity index (χ2n) is 9.71. The van der Waals surface area contributed by atoms with Gasteiger partial charge in [-0.3, -0.25) is 9.69 Å². The number of ether oxygens (including phenoxy) is 1. The van der Waals surface area contributed by atoms with Crippen molar-refractivity contribution in [3.05, 3.63) is 63.8 Å². The van der Waals surface area contributed by atoms with Crippen LogP contribution in [0.1, 0.15) is 44.7 Å². The van der Waals surface area contributed by atoms with Crippen molar-refractivity contribution >= 4 is 22.5 Å². The molecular formula is C28H38N4O2. The Morgan fingerprint density at radius 2 is 1.94 bits per heavy atom. The zero-order valence-electron chi connectivity index (χ0n) is 21.4. The number of likely N-dealkylation sites (tertiary alicyclic amines) is 1. The molecule has 1 saturated heterocycles. The lowest BCUT2D eigenvalue weighted by molar-refractivity contribution is 0.0775. The molecule has 1 atom stereocenters. The maximum Gasteiger partial charge on any atom is 0.254 e. The topological polar surface area (TPSA) is 60.6 Å². The molecule has 0 aliphatic carbocycles. The van der Waals surface area contributed by atoms with Crippen molar-refractivity contribution in [2.45, 2.75) is 46.7 Å². The molecule has 0 spiro atoms. The van der Waals surface area contributed by atoms with E-state index < -0.39 is 0 Å². The molecule has 0 radical (unpaired) electrons. The van der Waals surface area contributed by atoms with Gasteiger partial charge in [0.15, 0.2) is 0 Å². The second-order valence-corrected chi connectivity index (χ2v) is 9.71. The molecular weight excluding hydrogens is 424 g/mol. The normalized spacial score (nSPS) is 16.1. The number of H-pyrrole nitrogens is 1. The fraction of sp³-hybridized carbons (Fsp3) is 0.464. The summed E-state index contributed by atoms with van der Waals surface area (Å²) in [6.45, 7) is 12.4. The average Bonchev–Trinajstić information content (AvgIpc) is 3.42. The van der Waals surface area contributed by atoms with Crippen LogP contribution in [0.15, 0.2) is 30.3 Å². The van der Waals surface area contributed by atoms with Crippen molar-refractivity contribution in [3.63, 3.8) is 0 Å². The van der Waals surface area contributed by atoms with Gasteiger partial charge in [0.25, 0.3) is 5.91 Å². The van der Waals surface area contributed by atoms with Crippen molar-refractivity contribution in [3.8, 4) is 0 Å². The average molecular weight is 463 g/mol. The van der Waals surface area contributed by atoms with Gasteiger partial charge in [-0.15, -0.1) is 0 Å². The Balaban J connectivity index is 1.60. The molecule has 6 heteroatoms. The molecule has 34 heavy (non-hydrogen) atoms. The van der Waals surface area contributed by atoms with E-state index in [-0.39, 0.29) is 5.91 Å². The number of methoxy groups -OCH3 is 1. The van der Waals surface area contributed by atoms with Crippen molar-refractivity contribution in [1.82, 2.24) is 14.8 Å². The van der Waals surface area contributed by atoms with E-state index in [4.69, 9.17) is 4.74 Å². The van der Waals surface area contributed by atoms with Crippen LogP contribution in [0.4, 0.5) is 5.69 Å². The molecule has 4 rings (SSSR count). The Morgan fingerprint density at radius 3 is 2.65 bits per heavy atom. The zero-order chi connectivity index (χ0) is 24.4. The monoisotopic (exact) mass is 462 g/mol. The number of likely N-dealkylation sites (N-methyl/N-ethyl adjacent to an activating group) is 1. The minimum absolute atomic E-state index is 0.109. The summed E-state index contributed by atoms with van der Waals surface area (Å²) in [5, 5.41) is 4.75. The highest BCUT2D eigenvalue weighted by Gasteiger charge is 2.30. The predicted octanol–water partition coefficient (Wildman–Crippen LogP) is 4.81. The van der Waals surface area contributed by atoms with Crippen LogP contribution >= 0.6 is 0 Å². The van der Waals surface area contributed by atoms with E-state index in [0.717, 1.165) is 60.4 Å². The summed E-state index contributed by atoms with van der Waals surface area (Å²) < 4.78 is 5.22. The summed E-state index contributed by atoms with van der Waals surface area (Å²) in [6, 6.07) is 10.9. The van der Waals surface area contributed by atoms with E-state index in [1.54, 1.807) is 7.11 Å². The molecule has 2 heterocycles. The van der Waals surface area contributed by atoms with Crippen LogP contribution in [0.3, 0.4) is 0 Å². The third kappa shape index (κ3) is 4.84. The maximum absolute atomic E-state index is 13.6. The summed E-state index contributed by atoms with van der Waals surface area (Å²) >= 11 is 0. The van der Waals surface area contributed by atoms with E-state index in [9.17, 15) is 4.79 Å². The quantitative estimate of drug-likeness (QED) is 0.505. The lowest BCUT2D eigenvalue weighted by Crippen LogP contribution is -2.38. The van der Waals surface area contributed by atoms with E-state index in [0.29, 0.717) is 12.6 Å². The van der Waals surface area contributed by atoms with E-state index in [1.807, 2.05) is 11.0 Å². The summed E-state index contributed by atoms with van der Waals surface area (Å²) in [4.78, 5) is 21.4. The molecule has 1 unspecified atom stereocenters. The molecule has 1 aromatic heterocycles. The van der Waals surface area contributed by atoms with Gasteiger partial charge in [0.1, 0.15) is 0 Å².